The average Bonchev–Trinajstić information content (AvgIpc) is 2.36. The van der Waals surface area contributed by atoms with Gasteiger partial charge in [0.15, 0.2) is 0 Å². The van der Waals surface area contributed by atoms with Gasteiger partial charge in [0.25, 0.3) is 0 Å². The zero-order chi connectivity index (χ0) is 16.6. The number of hydrogen-bond acceptors (Lipinski definition) is 1. The van der Waals surface area contributed by atoms with Crippen LogP contribution in [0.4, 0.5) is 0 Å². The summed E-state index contributed by atoms with van der Waals surface area (Å²) in [6, 6.07) is 0. The number of unbranched alkanes of at least 4 members (excludes halogenated alkanes) is 8. The molecule has 0 aromatic carbocycles. The Hall–Kier alpha value is -0.570. The largest absolute Gasteiger partial charge is 0.370 e. The van der Waals surface area contributed by atoms with E-state index in [1.165, 1.54) is 57.9 Å². The molecule has 128 valence electrons. The maximum absolute atomic E-state index is 10.4. The summed E-state index contributed by atoms with van der Waals surface area (Å²) in [5.41, 5.74) is 5.05. The molecule has 0 saturated carbocycles. The Bertz CT molecular complexity index is 222. The zero-order valence-corrected chi connectivity index (χ0v) is 15.4. The molecule has 3 nitrogen and oxygen atoms in total. The average molecular weight is 302 g/mol. The highest BCUT2D eigenvalue weighted by atomic mass is 16.1. The van der Waals surface area contributed by atoms with Gasteiger partial charge in [0.05, 0.1) is 27.7 Å². The summed E-state index contributed by atoms with van der Waals surface area (Å²) in [6.45, 7) is 5.73. The molecule has 1 amide bonds. The van der Waals surface area contributed by atoms with Crippen LogP contribution in [0.1, 0.15) is 84.5 Å². The predicted octanol–water partition coefficient (Wildman–Crippen LogP) is 4.50. The van der Waals surface area contributed by atoms with Gasteiger partial charge in [-0.1, -0.05) is 65.2 Å². The second-order valence-corrected chi connectivity index (χ2v) is 7.06. The number of hydrogen-bond donors (Lipinski definition) is 1. The van der Waals surface area contributed by atoms with Gasteiger partial charge < -0.3 is 10.2 Å². The molecule has 0 aliphatic heterocycles. The van der Waals surface area contributed by atoms with Crippen molar-refractivity contribution in [1.82, 2.24) is 0 Å². The van der Waals surface area contributed by atoms with Crippen LogP contribution in [-0.2, 0) is 4.79 Å². The molecule has 0 rings (SSSR count). The summed E-state index contributed by atoms with van der Waals surface area (Å²) in [7, 11) is 6.64. The number of nitrogens with two attached hydrogens (primary N) is 1. The van der Waals surface area contributed by atoms with Crippen molar-refractivity contribution in [2.75, 3.05) is 27.7 Å². The molecule has 0 aromatic rings. The van der Waals surface area contributed by atoms with Crippen molar-refractivity contribution in [2.24, 2.45) is 5.73 Å². The summed E-state index contributed by atoms with van der Waals surface area (Å²) >= 11 is 0. The number of nitrogens with zero attached hydrogens (tertiary/aromatic N) is 1. The lowest BCUT2D eigenvalue weighted by atomic mass is 10.1. The molecule has 0 saturated heterocycles. The molecule has 2 N–H and O–H groups in total. The Morgan fingerprint density at radius 1 is 0.762 bits per heavy atom. The van der Waals surface area contributed by atoms with Gasteiger partial charge in [0.1, 0.15) is 0 Å². The van der Waals surface area contributed by atoms with Gasteiger partial charge in [-0.2, -0.15) is 0 Å². The van der Waals surface area contributed by atoms with E-state index in [9.17, 15) is 4.79 Å². The Balaban J connectivity index is 0. The molecule has 21 heavy (non-hydrogen) atoms. The third-order valence-corrected chi connectivity index (χ3v) is 3.42. The molecule has 0 spiro atoms. The molecular weight excluding hydrogens is 260 g/mol. The van der Waals surface area contributed by atoms with Crippen molar-refractivity contribution in [3.63, 3.8) is 0 Å². The van der Waals surface area contributed by atoms with E-state index in [-0.39, 0.29) is 5.91 Å². The summed E-state index contributed by atoms with van der Waals surface area (Å²) < 4.78 is 1.09. The number of rotatable bonds is 12. The first-order chi connectivity index (χ1) is 9.83. The lowest BCUT2D eigenvalue weighted by molar-refractivity contribution is -0.870. The molecular formula is C18H41N2O+. The van der Waals surface area contributed by atoms with E-state index in [0.717, 1.165) is 17.3 Å². The monoisotopic (exact) mass is 301 g/mol. The minimum absolute atomic E-state index is 0.159. The number of carbonyl (C=O) groups excluding carboxylic acids is 1. The van der Waals surface area contributed by atoms with E-state index in [0.29, 0.717) is 6.42 Å². The second kappa shape index (κ2) is 15.8. The highest BCUT2D eigenvalue weighted by Crippen LogP contribution is 2.10. The highest BCUT2D eigenvalue weighted by molar-refractivity contribution is 5.73. The molecule has 0 aliphatic rings. The van der Waals surface area contributed by atoms with Crippen LogP contribution in [0.3, 0.4) is 0 Å². The van der Waals surface area contributed by atoms with E-state index in [1.807, 2.05) is 0 Å². The smallest absolute Gasteiger partial charge is 0.217 e. The molecule has 3 heteroatoms. The van der Waals surface area contributed by atoms with Crippen molar-refractivity contribution in [3.8, 4) is 0 Å². The van der Waals surface area contributed by atoms with E-state index in [1.54, 1.807) is 0 Å². The van der Waals surface area contributed by atoms with Crippen LogP contribution in [-0.4, -0.2) is 38.1 Å². The summed E-state index contributed by atoms with van der Waals surface area (Å²) in [5.74, 6) is -0.159. The van der Waals surface area contributed by atoms with Crippen LogP contribution in [0.15, 0.2) is 0 Å². The van der Waals surface area contributed by atoms with Gasteiger partial charge >= 0.3 is 0 Å². The standard InChI is InChI=1S/C12H25NO.C6H16N/c1-2-3-4-5-6-7-8-9-10-11-12(13)14;1-5-6-7(2,3)4/h2-11H2,1H3,(H2,13,14);5-6H2,1-4H3/q;+1. The molecule has 0 unspecified atom stereocenters. The Labute approximate surface area is 133 Å². The van der Waals surface area contributed by atoms with Crippen LogP contribution >= 0.6 is 0 Å². The van der Waals surface area contributed by atoms with Crippen LogP contribution < -0.4 is 5.73 Å². The van der Waals surface area contributed by atoms with Crippen LogP contribution in [0.5, 0.6) is 0 Å². The third kappa shape index (κ3) is 28.3. The van der Waals surface area contributed by atoms with E-state index >= 15 is 0 Å². The topological polar surface area (TPSA) is 43.1 Å². The molecule has 0 heterocycles. The minimum atomic E-state index is -0.159. The number of carbonyl (C=O) groups is 1. The van der Waals surface area contributed by atoms with Gasteiger partial charge in [0.2, 0.25) is 5.91 Å². The minimum Gasteiger partial charge on any atom is -0.370 e. The van der Waals surface area contributed by atoms with Gasteiger partial charge in [-0.05, 0) is 12.8 Å². The Kier molecular flexibility index (Phi) is 17.1. The predicted molar refractivity (Wildman–Crippen MR) is 94.2 cm³/mol. The SMILES string of the molecule is CCCCCCCCCCCC(N)=O.CCC[N+](C)(C)C. The van der Waals surface area contributed by atoms with Crippen molar-refractivity contribution < 1.29 is 9.28 Å². The first-order valence-corrected chi connectivity index (χ1v) is 8.92. The fourth-order valence-electron chi connectivity index (χ4n) is 2.28. The van der Waals surface area contributed by atoms with Crippen LogP contribution in [0.2, 0.25) is 0 Å². The molecule has 0 fully saturated rings. The maximum atomic E-state index is 10.4. The first kappa shape index (κ1) is 22.7. The fraction of sp³-hybridized carbons (Fsp3) is 0.944. The quantitative estimate of drug-likeness (QED) is 0.419. The highest BCUT2D eigenvalue weighted by Gasteiger charge is 2.01. The van der Waals surface area contributed by atoms with E-state index in [4.69, 9.17) is 5.73 Å². The van der Waals surface area contributed by atoms with Crippen molar-refractivity contribution >= 4 is 5.91 Å². The summed E-state index contributed by atoms with van der Waals surface area (Å²) in [6.07, 6.45) is 13.4. The molecule has 0 radical (unpaired) electrons. The van der Waals surface area contributed by atoms with Crippen molar-refractivity contribution in [1.29, 1.82) is 0 Å². The summed E-state index contributed by atoms with van der Waals surface area (Å²) in [4.78, 5) is 10.4. The van der Waals surface area contributed by atoms with Crippen molar-refractivity contribution in [2.45, 2.75) is 84.5 Å². The Morgan fingerprint density at radius 2 is 1.19 bits per heavy atom. The third-order valence-electron chi connectivity index (χ3n) is 3.42. The lowest BCUT2D eigenvalue weighted by Gasteiger charge is -2.22. The van der Waals surface area contributed by atoms with Gasteiger partial charge in [0, 0.05) is 6.42 Å². The van der Waals surface area contributed by atoms with E-state index in [2.05, 4.69) is 35.0 Å². The fourth-order valence-corrected chi connectivity index (χ4v) is 2.28. The van der Waals surface area contributed by atoms with Crippen LogP contribution in [0, 0.1) is 0 Å². The Morgan fingerprint density at radius 3 is 1.48 bits per heavy atom. The van der Waals surface area contributed by atoms with E-state index < -0.39 is 0 Å². The number of quaternary nitrogens is 1. The molecule has 0 bridgehead atoms. The molecule has 0 atom stereocenters. The normalized spacial score (nSPS) is 10.9. The first-order valence-electron chi connectivity index (χ1n) is 8.92. The van der Waals surface area contributed by atoms with Gasteiger partial charge in [-0.25, -0.2) is 0 Å². The zero-order valence-electron chi connectivity index (χ0n) is 15.4. The number of primary amides is 1. The molecule has 0 aromatic heterocycles. The van der Waals surface area contributed by atoms with Crippen LogP contribution in [0.25, 0.3) is 0 Å². The lowest BCUT2D eigenvalue weighted by Crippen LogP contribution is -2.34. The van der Waals surface area contributed by atoms with Gasteiger partial charge in [-0.15, -0.1) is 0 Å². The second-order valence-electron chi connectivity index (χ2n) is 7.06. The van der Waals surface area contributed by atoms with Crippen molar-refractivity contribution in [3.05, 3.63) is 0 Å². The molecule has 0 aliphatic carbocycles. The summed E-state index contributed by atoms with van der Waals surface area (Å²) in [5, 5.41) is 0. The maximum Gasteiger partial charge on any atom is 0.217 e. The number of amides is 1. The van der Waals surface area contributed by atoms with Gasteiger partial charge in [-0.3, -0.25) is 4.79 Å².